The van der Waals surface area contributed by atoms with Crippen molar-refractivity contribution in [1.29, 1.82) is 0 Å². The van der Waals surface area contributed by atoms with Crippen LogP contribution in [0.15, 0.2) is 22.7 Å². The molecule has 0 aliphatic heterocycles. The number of carbonyl (C=O) groups excluding carboxylic acids is 3. The fourth-order valence-electron chi connectivity index (χ4n) is 3.42. The van der Waals surface area contributed by atoms with Crippen molar-refractivity contribution in [1.82, 2.24) is 4.57 Å². The number of ketones is 2. The first kappa shape index (κ1) is 19.5. The number of esters is 1. The zero-order valence-electron chi connectivity index (χ0n) is 15.8. The van der Waals surface area contributed by atoms with E-state index < -0.39 is 17.5 Å². The number of ether oxygens (including phenoxy) is 1. The number of nitrogens with zero attached hydrogens (tertiary/aromatic N) is 1. The Hall–Kier alpha value is -2.25. The summed E-state index contributed by atoms with van der Waals surface area (Å²) in [4.78, 5) is 38.3. The SMILES string of the molecule is CCOC(=O)c1c2c(n(C)c1C[NH2+]C(C)C)C(=O)C(=O)c1ccc(Br)cc1-2. The molecule has 0 saturated heterocycles. The quantitative estimate of drug-likeness (QED) is 0.579. The molecule has 3 rings (SSSR count). The van der Waals surface area contributed by atoms with Crippen LogP contribution in [0.5, 0.6) is 0 Å². The number of hydrogen-bond acceptors (Lipinski definition) is 4. The molecular formula is C20H22BrN2O4+. The lowest BCUT2D eigenvalue weighted by Gasteiger charge is -2.17. The molecule has 0 atom stereocenters. The number of aromatic nitrogens is 1. The van der Waals surface area contributed by atoms with Crippen LogP contribution in [-0.2, 0) is 18.3 Å². The van der Waals surface area contributed by atoms with Crippen LogP contribution in [0.1, 0.15) is 57.7 Å². The van der Waals surface area contributed by atoms with Crippen LogP contribution in [0.3, 0.4) is 0 Å². The van der Waals surface area contributed by atoms with Crippen LogP contribution in [0.4, 0.5) is 0 Å². The van der Waals surface area contributed by atoms with Gasteiger partial charge in [-0.05, 0) is 44.5 Å². The first-order valence-electron chi connectivity index (χ1n) is 8.88. The minimum absolute atomic E-state index is 0.230. The van der Waals surface area contributed by atoms with Crippen molar-refractivity contribution in [3.05, 3.63) is 45.2 Å². The highest BCUT2D eigenvalue weighted by Crippen LogP contribution is 2.40. The van der Waals surface area contributed by atoms with E-state index in [1.54, 1.807) is 36.7 Å². The molecule has 0 saturated carbocycles. The van der Waals surface area contributed by atoms with Crippen molar-refractivity contribution >= 4 is 33.5 Å². The first-order valence-corrected chi connectivity index (χ1v) is 9.68. The van der Waals surface area contributed by atoms with Crippen molar-refractivity contribution < 1.29 is 24.4 Å². The second kappa shape index (κ2) is 7.40. The predicted molar refractivity (Wildman–Crippen MR) is 104 cm³/mol. The van der Waals surface area contributed by atoms with E-state index in [4.69, 9.17) is 4.74 Å². The minimum atomic E-state index is -0.594. The Bertz CT molecular complexity index is 959. The molecule has 1 aliphatic carbocycles. The summed E-state index contributed by atoms with van der Waals surface area (Å²) < 4.78 is 7.73. The monoisotopic (exact) mass is 433 g/mol. The Morgan fingerprint density at radius 2 is 1.93 bits per heavy atom. The number of Topliss-reactive ketones (excluding diaryl/α,β-unsaturated/α-hetero) is 2. The molecule has 1 aliphatic rings. The molecule has 1 heterocycles. The van der Waals surface area contributed by atoms with Crippen LogP contribution in [0.2, 0.25) is 0 Å². The van der Waals surface area contributed by atoms with E-state index in [0.29, 0.717) is 40.5 Å². The van der Waals surface area contributed by atoms with Gasteiger partial charge in [0.05, 0.1) is 23.9 Å². The second-order valence-corrected chi connectivity index (χ2v) is 7.77. The molecule has 0 fully saturated rings. The predicted octanol–water partition coefficient (Wildman–Crippen LogP) is 2.48. The maximum Gasteiger partial charge on any atom is 0.340 e. The number of carbonyl (C=O) groups is 3. The van der Waals surface area contributed by atoms with Crippen LogP contribution in [0.25, 0.3) is 11.1 Å². The molecule has 7 heteroatoms. The molecule has 6 nitrogen and oxygen atoms in total. The van der Waals surface area contributed by atoms with E-state index in [0.717, 1.165) is 4.47 Å². The molecule has 0 bridgehead atoms. The van der Waals surface area contributed by atoms with E-state index in [1.165, 1.54) is 0 Å². The summed E-state index contributed by atoms with van der Waals surface area (Å²) in [5.74, 6) is -1.63. The van der Waals surface area contributed by atoms with Crippen molar-refractivity contribution in [3.8, 4) is 11.1 Å². The second-order valence-electron chi connectivity index (χ2n) is 6.86. The summed E-state index contributed by atoms with van der Waals surface area (Å²) in [6.45, 7) is 6.57. The Morgan fingerprint density at radius 3 is 2.56 bits per heavy atom. The van der Waals surface area contributed by atoms with Gasteiger partial charge < -0.3 is 14.6 Å². The number of benzene rings is 1. The van der Waals surface area contributed by atoms with E-state index in [2.05, 4.69) is 21.2 Å². The zero-order valence-corrected chi connectivity index (χ0v) is 17.3. The minimum Gasteiger partial charge on any atom is -0.462 e. The fraction of sp³-hybridized carbons (Fsp3) is 0.350. The van der Waals surface area contributed by atoms with Gasteiger partial charge in [-0.25, -0.2) is 4.79 Å². The summed E-state index contributed by atoms with van der Waals surface area (Å²) >= 11 is 3.42. The van der Waals surface area contributed by atoms with Gasteiger partial charge >= 0.3 is 5.97 Å². The summed E-state index contributed by atoms with van der Waals surface area (Å²) in [6.07, 6.45) is 0. The van der Waals surface area contributed by atoms with Crippen LogP contribution in [0, 0.1) is 0 Å². The van der Waals surface area contributed by atoms with Gasteiger partial charge in [0, 0.05) is 22.6 Å². The van der Waals surface area contributed by atoms with Gasteiger partial charge in [-0.2, -0.15) is 0 Å². The number of halogens is 1. The van der Waals surface area contributed by atoms with Crippen molar-refractivity contribution in [2.75, 3.05) is 6.61 Å². The molecule has 0 unspecified atom stereocenters. The average molecular weight is 434 g/mol. The molecule has 0 radical (unpaired) electrons. The average Bonchev–Trinajstić information content (AvgIpc) is 2.90. The molecule has 0 amide bonds. The molecule has 2 aromatic rings. The van der Waals surface area contributed by atoms with Gasteiger partial charge in [0.1, 0.15) is 12.2 Å². The van der Waals surface area contributed by atoms with E-state index in [1.807, 2.05) is 13.8 Å². The number of nitrogens with two attached hydrogens (primary N) is 1. The highest BCUT2D eigenvalue weighted by Gasteiger charge is 2.39. The van der Waals surface area contributed by atoms with Crippen LogP contribution < -0.4 is 5.32 Å². The molecule has 27 heavy (non-hydrogen) atoms. The third-order valence-corrected chi connectivity index (χ3v) is 5.19. The number of quaternary nitrogens is 1. The highest BCUT2D eigenvalue weighted by atomic mass is 79.9. The first-order chi connectivity index (χ1) is 12.8. The maximum absolute atomic E-state index is 12.8. The Morgan fingerprint density at radius 1 is 1.22 bits per heavy atom. The summed E-state index contributed by atoms with van der Waals surface area (Å²) in [5, 5.41) is 2.07. The molecule has 1 aromatic heterocycles. The lowest BCUT2D eigenvalue weighted by molar-refractivity contribution is -0.698. The topological polar surface area (TPSA) is 82.0 Å². The van der Waals surface area contributed by atoms with E-state index in [-0.39, 0.29) is 12.3 Å². The van der Waals surface area contributed by atoms with E-state index in [9.17, 15) is 14.4 Å². The number of rotatable bonds is 5. The van der Waals surface area contributed by atoms with Gasteiger partial charge in [0.2, 0.25) is 5.78 Å². The summed E-state index contributed by atoms with van der Waals surface area (Å²) in [6, 6.07) is 5.42. The molecule has 2 N–H and O–H groups in total. The molecule has 142 valence electrons. The van der Waals surface area contributed by atoms with Gasteiger partial charge in [-0.3, -0.25) is 9.59 Å². The zero-order chi connectivity index (χ0) is 19.9. The van der Waals surface area contributed by atoms with Gasteiger partial charge in [0.25, 0.3) is 5.78 Å². The molecule has 1 aromatic carbocycles. The normalized spacial score (nSPS) is 13.0. The highest BCUT2D eigenvalue weighted by molar-refractivity contribution is 9.10. The lowest BCUT2D eigenvalue weighted by Crippen LogP contribution is -2.87. The number of fused-ring (bicyclic) bond motifs is 3. The van der Waals surface area contributed by atoms with Crippen LogP contribution in [-0.4, -0.2) is 34.8 Å². The fourth-order valence-corrected chi connectivity index (χ4v) is 3.78. The maximum atomic E-state index is 12.8. The smallest absolute Gasteiger partial charge is 0.340 e. The van der Waals surface area contributed by atoms with Crippen molar-refractivity contribution in [2.45, 2.75) is 33.4 Å². The van der Waals surface area contributed by atoms with Crippen LogP contribution >= 0.6 is 15.9 Å². The third kappa shape index (κ3) is 3.26. The summed E-state index contributed by atoms with van der Waals surface area (Å²) in [7, 11) is 1.72. The van der Waals surface area contributed by atoms with E-state index >= 15 is 0 Å². The standard InChI is InChI=1S/C20H21BrN2O4/c1-5-27-20(26)16-14(9-22-10(2)3)23(4)17-15(16)13-8-11(21)6-7-12(13)18(24)19(17)25/h6-8,10,22H,5,9H2,1-4H3/p+1. The summed E-state index contributed by atoms with van der Waals surface area (Å²) in [5.41, 5.74) is 2.68. The molecular weight excluding hydrogens is 412 g/mol. The molecule has 0 spiro atoms. The third-order valence-electron chi connectivity index (χ3n) is 4.69. The van der Waals surface area contributed by atoms with Gasteiger partial charge in [-0.1, -0.05) is 15.9 Å². The van der Waals surface area contributed by atoms with Gasteiger partial charge in [0.15, 0.2) is 0 Å². The Balaban J connectivity index is 2.34. The lowest BCUT2D eigenvalue weighted by atomic mass is 9.85. The Labute approximate surface area is 166 Å². The largest absolute Gasteiger partial charge is 0.462 e. The van der Waals surface area contributed by atoms with Gasteiger partial charge in [-0.15, -0.1) is 0 Å². The van der Waals surface area contributed by atoms with Crippen molar-refractivity contribution in [3.63, 3.8) is 0 Å². The Kier molecular flexibility index (Phi) is 5.35. The number of hydrogen-bond donors (Lipinski definition) is 1. The van der Waals surface area contributed by atoms with Crippen molar-refractivity contribution in [2.24, 2.45) is 7.05 Å².